The van der Waals surface area contributed by atoms with Crippen LogP contribution in [0.15, 0.2) is 57.8 Å². The van der Waals surface area contributed by atoms with Gasteiger partial charge in [-0.1, -0.05) is 49.3 Å². The van der Waals surface area contributed by atoms with Gasteiger partial charge in [-0.3, -0.25) is 4.79 Å². The Balaban J connectivity index is 2.02. The molecule has 34 heavy (non-hydrogen) atoms. The minimum absolute atomic E-state index is 0.420. The molecule has 0 spiro atoms. The Hall–Kier alpha value is -3.41. The molecule has 1 atom stereocenters. The molecule has 0 aliphatic heterocycles. The van der Waals surface area contributed by atoms with E-state index in [2.05, 4.69) is 9.68 Å². The van der Waals surface area contributed by atoms with Crippen LogP contribution in [0.2, 0.25) is 0 Å². The fourth-order valence-electron chi connectivity index (χ4n) is 3.56. The summed E-state index contributed by atoms with van der Waals surface area (Å²) in [4.78, 5) is 24.4. The minimum Gasteiger partial charge on any atom is -0.373 e. The number of fused-ring (bicyclic) bond motifs is 1. The summed E-state index contributed by atoms with van der Waals surface area (Å²) in [5.41, 5.74) is -8.12. The van der Waals surface area contributed by atoms with Crippen molar-refractivity contribution in [3.8, 4) is 0 Å². The predicted octanol–water partition coefficient (Wildman–Crippen LogP) is 4.81. The maximum absolute atomic E-state index is 13.9. The summed E-state index contributed by atoms with van der Waals surface area (Å²) in [6.07, 6.45) is -11.5. The van der Waals surface area contributed by atoms with Crippen molar-refractivity contribution in [1.82, 2.24) is 5.16 Å². The summed E-state index contributed by atoms with van der Waals surface area (Å²) in [6.45, 7) is 2.81. The first-order chi connectivity index (χ1) is 15.6. The zero-order valence-electron chi connectivity index (χ0n) is 17.7. The van der Waals surface area contributed by atoms with Gasteiger partial charge in [0.15, 0.2) is 5.69 Å². The van der Waals surface area contributed by atoms with Crippen molar-refractivity contribution in [1.29, 1.82) is 0 Å². The topological polar surface area (TPSA) is 92.4 Å². The highest BCUT2D eigenvalue weighted by atomic mass is 19.4. The normalized spacial score (nSPS) is 14.6. The van der Waals surface area contributed by atoms with E-state index in [0.29, 0.717) is 11.6 Å². The highest BCUT2D eigenvalue weighted by molar-refractivity contribution is 6.00. The van der Waals surface area contributed by atoms with Gasteiger partial charge in [-0.25, -0.2) is 4.79 Å². The molecule has 0 aliphatic carbocycles. The van der Waals surface area contributed by atoms with Crippen LogP contribution in [0.4, 0.5) is 32.0 Å². The van der Waals surface area contributed by atoms with E-state index in [1.807, 2.05) is 5.32 Å². The van der Waals surface area contributed by atoms with Crippen LogP contribution in [0.25, 0.3) is 10.8 Å². The summed E-state index contributed by atoms with van der Waals surface area (Å²) in [7, 11) is 0. The van der Waals surface area contributed by atoms with E-state index in [4.69, 9.17) is 0 Å². The predicted molar refractivity (Wildman–Crippen MR) is 109 cm³/mol. The molecule has 0 radical (unpaired) electrons. The van der Waals surface area contributed by atoms with Gasteiger partial charge in [-0.2, -0.15) is 26.3 Å². The van der Waals surface area contributed by atoms with Crippen LogP contribution in [0.5, 0.6) is 0 Å². The maximum atomic E-state index is 13.9. The Morgan fingerprint density at radius 3 is 2.18 bits per heavy atom. The fraction of sp³-hybridized carbons (Fsp3) is 0.318. The van der Waals surface area contributed by atoms with Crippen molar-refractivity contribution in [3.63, 3.8) is 0 Å². The van der Waals surface area contributed by atoms with Crippen LogP contribution in [0, 0.1) is 0 Å². The van der Waals surface area contributed by atoms with Crippen LogP contribution >= 0.6 is 0 Å². The van der Waals surface area contributed by atoms with Crippen molar-refractivity contribution >= 4 is 22.4 Å². The number of carbonyl (C=O) groups is 1. The van der Waals surface area contributed by atoms with Gasteiger partial charge < -0.3 is 14.9 Å². The monoisotopic (exact) mass is 488 g/mol. The number of hydrogen-bond donors (Lipinski definition) is 2. The minimum atomic E-state index is -5.42. The Bertz CT molecular complexity index is 1270. The first-order valence-corrected chi connectivity index (χ1v) is 9.73. The summed E-state index contributed by atoms with van der Waals surface area (Å²) < 4.78 is 85.5. The quantitative estimate of drug-likeness (QED) is 0.503. The Kier molecular flexibility index (Phi) is 6.25. The lowest BCUT2D eigenvalue weighted by molar-refractivity contribution is -0.254. The number of amides is 1. The number of rotatable bonds is 5. The number of aliphatic hydroxyl groups is 1. The highest BCUT2D eigenvalue weighted by Gasteiger charge is 2.61. The van der Waals surface area contributed by atoms with E-state index in [0.717, 1.165) is 12.1 Å². The number of hydrogen-bond acceptors (Lipinski definition) is 5. The summed E-state index contributed by atoms with van der Waals surface area (Å²) in [5.74, 6) is -1.90. The smallest absolute Gasteiger partial charge is 0.373 e. The molecule has 1 unspecified atom stereocenters. The van der Waals surface area contributed by atoms with Crippen molar-refractivity contribution in [2.75, 3.05) is 5.32 Å². The Labute approximate surface area is 188 Å². The van der Waals surface area contributed by atoms with Crippen LogP contribution in [-0.2, 0) is 16.4 Å². The van der Waals surface area contributed by atoms with Gasteiger partial charge in [0.25, 0.3) is 5.91 Å². The molecule has 0 bridgehead atoms. The summed E-state index contributed by atoms with van der Waals surface area (Å²) in [6, 6.07) is 10.3. The van der Waals surface area contributed by atoms with E-state index in [1.54, 1.807) is 18.2 Å². The highest BCUT2D eigenvalue weighted by Crippen LogP contribution is 2.42. The lowest BCUT2D eigenvalue weighted by Gasteiger charge is -2.36. The van der Waals surface area contributed by atoms with Gasteiger partial charge in [0.05, 0.1) is 5.39 Å². The largest absolute Gasteiger partial charge is 0.437 e. The number of alkyl halides is 6. The first-order valence-electron chi connectivity index (χ1n) is 9.73. The molecule has 6 nitrogen and oxygen atoms in total. The second kappa shape index (κ2) is 8.42. The molecule has 0 saturated carbocycles. The van der Waals surface area contributed by atoms with Crippen molar-refractivity contribution < 1.29 is 40.8 Å². The molecule has 1 amide bonds. The number of aromatic nitrogens is 1. The van der Waals surface area contributed by atoms with Gasteiger partial charge in [0.2, 0.25) is 5.60 Å². The first kappa shape index (κ1) is 25.2. The summed E-state index contributed by atoms with van der Waals surface area (Å²) >= 11 is 0. The molecule has 3 aromatic rings. The van der Waals surface area contributed by atoms with E-state index in [9.17, 15) is 41.0 Å². The van der Waals surface area contributed by atoms with Gasteiger partial charge >= 0.3 is 18.0 Å². The van der Waals surface area contributed by atoms with Gasteiger partial charge in [-0.15, -0.1) is 0 Å². The second-order valence-electron chi connectivity index (χ2n) is 8.32. The Morgan fingerprint density at radius 2 is 1.62 bits per heavy atom. The molecular formula is C22H18F6N2O4. The Morgan fingerprint density at radius 1 is 1.00 bits per heavy atom. The van der Waals surface area contributed by atoms with Crippen LogP contribution in [0.3, 0.4) is 0 Å². The molecule has 1 heterocycles. The maximum Gasteiger partial charge on any atom is 0.437 e. The van der Waals surface area contributed by atoms with Crippen molar-refractivity contribution in [3.05, 3.63) is 70.2 Å². The molecule has 0 aliphatic rings. The number of benzene rings is 2. The fourth-order valence-corrected chi connectivity index (χ4v) is 3.56. The van der Waals surface area contributed by atoms with E-state index in [1.165, 1.54) is 26.0 Å². The van der Waals surface area contributed by atoms with E-state index in [-0.39, 0.29) is 0 Å². The standard InChI is InChI=1S/C22H18F6N2O4/c1-19(2,12-6-4-3-5-7-12)11-20(33,22(26,27)28)18(32)29-13-8-9-14-15(10-13)16(21(23,24)25)30-34-17(14)31/h3-10,33H,11H2,1-2H3,(H,29,32). The molecule has 2 N–H and O–H groups in total. The van der Waals surface area contributed by atoms with E-state index >= 15 is 0 Å². The lowest BCUT2D eigenvalue weighted by atomic mass is 9.74. The van der Waals surface area contributed by atoms with E-state index < -0.39 is 63.5 Å². The third-order valence-electron chi connectivity index (χ3n) is 5.34. The average Bonchev–Trinajstić information content (AvgIpc) is 2.72. The molecule has 12 heteroatoms. The van der Waals surface area contributed by atoms with Gasteiger partial charge in [-0.05, 0) is 29.2 Å². The van der Waals surface area contributed by atoms with Crippen molar-refractivity contribution in [2.45, 2.75) is 43.6 Å². The molecule has 182 valence electrons. The van der Waals surface area contributed by atoms with Crippen LogP contribution in [-0.4, -0.2) is 27.9 Å². The zero-order valence-corrected chi connectivity index (χ0v) is 17.7. The lowest BCUT2D eigenvalue weighted by Crippen LogP contribution is -2.57. The number of halogens is 6. The van der Waals surface area contributed by atoms with Crippen LogP contribution in [0.1, 0.15) is 31.5 Å². The summed E-state index contributed by atoms with van der Waals surface area (Å²) in [5, 5.41) is 13.7. The number of nitrogens with one attached hydrogen (secondary N) is 1. The molecule has 0 fully saturated rings. The molecule has 1 aromatic heterocycles. The van der Waals surface area contributed by atoms with Gasteiger partial charge in [0, 0.05) is 17.5 Å². The zero-order chi connectivity index (χ0) is 25.5. The van der Waals surface area contributed by atoms with Crippen LogP contribution < -0.4 is 10.9 Å². The third kappa shape index (κ3) is 4.76. The number of carbonyl (C=O) groups excluding carboxylic acids is 1. The molecule has 0 saturated heterocycles. The molecule has 3 rings (SSSR count). The third-order valence-corrected chi connectivity index (χ3v) is 5.34. The van der Waals surface area contributed by atoms with Gasteiger partial charge in [0.1, 0.15) is 0 Å². The average molecular weight is 488 g/mol. The number of nitrogens with zero attached hydrogens (tertiary/aromatic N) is 1. The SMILES string of the molecule is CC(C)(CC(O)(C(=O)Nc1ccc2c(=O)onc(C(F)(F)F)c2c1)C(F)(F)F)c1ccccc1. The van der Waals surface area contributed by atoms with Crippen molar-refractivity contribution in [2.24, 2.45) is 0 Å². The molecular weight excluding hydrogens is 470 g/mol. The second-order valence-corrected chi connectivity index (χ2v) is 8.32. The molecule has 2 aromatic carbocycles. The number of anilines is 1.